The third-order valence-corrected chi connectivity index (χ3v) is 3.85. The van der Waals surface area contributed by atoms with Crippen molar-refractivity contribution in [2.45, 2.75) is 13.0 Å². The summed E-state index contributed by atoms with van der Waals surface area (Å²) in [5.74, 6) is -1.50. The molecule has 26 heavy (non-hydrogen) atoms. The van der Waals surface area contributed by atoms with Crippen LogP contribution in [0.4, 0.5) is 5.69 Å². The Hall–Kier alpha value is -3.68. The molecule has 1 atom stereocenters. The number of nitrogens with two attached hydrogens (primary N) is 1. The molecule has 8 heteroatoms. The van der Waals surface area contributed by atoms with E-state index in [1.54, 1.807) is 42.5 Å². The number of nitrogens with zero attached hydrogens (tertiary/aromatic N) is 1. The van der Waals surface area contributed by atoms with Crippen LogP contribution >= 0.6 is 0 Å². The fourth-order valence-corrected chi connectivity index (χ4v) is 2.39. The molecule has 0 spiro atoms. The SMILES string of the molecule is C[C@H](NC(=O)c1ccc2[nH]nc(C(=O)Nc3ccccc3)c2c1)C(N)=O. The van der Waals surface area contributed by atoms with Crippen LogP contribution in [-0.4, -0.2) is 34.0 Å². The first-order chi connectivity index (χ1) is 12.5. The average molecular weight is 351 g/mol. The van der Waals surface area contributed by atoms with Gasteiger partial charge in [-0.2, -0.15) is 5.10 Å². The maximum atomic E-state index is 12.5. The van der Waals surface area contributed by atoms with Crippen molar-refractivity contribution >= 4 is 34.3 Å². The van der Waals surface area contributed by atoms with Crippen LogP contribution in [0.15, 0.2) is 48.5 Å². The highest BCUT2D eigenvalue weighted by molar-refractivity contribution is 6.12. The van der Waals surface area contributed by atoms with Crippen LogP contribution in [0.3, 0.4) is 0 Å². The van der Waals surface area contributed by atoms with Crippen LogP contribution in [0.1, 0.15) is 27.8 Å². The monoisotopic (exact) mass is 351 g/mol. The largest absolute Gasteiger partial charge is 0.368 e. The molecule has 0 saturated heterocycles. The molecule has 5 N–H and O–H groups in total. The molecule has 0 radical (unpaired) electrons. The van der Waals surface area contributed by atoms with E-state index in [-0.39, 0.29) is 5.69 Å². The first-order valence-corrected chi connectivity index (χ1v) is 7.90. The number of fused-ring (bicyclic) bond motifs is 1. The number of nitrogens with one attached hydrogen (secondary N) is 3. The lowest BCUT2D eigenvalue weighted by molar-refractivity contribution is -0.119. The normalized spacial score (nSPS) is 11.7. The van der Waals surface area contributed by atoms with E-state index in [2.05, 4.69) is 20.8 Å². The number of H-pyrrole nitrogens is 1. The zero-order chi connectivity index (χ0) is 18.7. The van der Waals surface area contributed by atoms with Gasteiger partial charge in [-0.3, -0.25) is 19.5 Å². The molecule has 3 rings (SSSR count). The molecular weight excluding hydrogens is 334 g/mol. The number of amides is 3. The smallest absolute Gasteiger partial charge is 0.276 e. The van der Waals surface area contributed by atoms with Crippen LogP contribution in [0.25, 0.3) is 10.9 Å². The molecule has 0 aliphatic rings. The van der Waals surface area contributed by atoms with E-state index in [4.69, 9.17) is 5.73 Å². The summed E-state index contributed by atoms with van der Waals surface area (Å²) in [6.45, 7) is 1.50. The van der Waals surface area contributed by atoms with Gasteiger partial charge in [0.15, 0.2) is 5.69 Å². The second-order valence-electron chi connectivity index (χ2n) is 5.75. The topological polar surface area (TPSA) is 130 Å². The van der Waals surface area contributed by atoms with E-state index in [1.807, 2.05) is 6.07 Å². The summed E-state index contributed by atoms with van der Waals surface area (Å²) in [5, 5.41) is 12.5. The maximum absolute atomic E-state index is 12.5. The molecule has 0 aliphatic heterocycles. The number of primary amides is 1. The molecule has 1 aromatic heterocycles. The first kappa shape index (κ1) is 17.2. The molecule has 0 bridgehead atoms. The summed E-state index contributed by atoms with van der Waals surface area (Å²) in [6, 6.07) is 12.9. The van der Waals surface area contributed by atoms with Gasteiger partial charge in [0.2, 0.25) is 5.91 Å². The fourth-order valence-electron chi connectivity index (χ4n) is 2.39. The Labute approximate surface area is 148 Å². The highest BCUT2D eigenvalue weighted by Gasteiger charge is 2.18. The van der Waals surface area contributed by atoms with Gasteiger partial charge in [0.05, 0.1) is 5.52 Å². The first-order valence-electron chi connectivity index (χ1n) is 7.90. The van der Waals surface area contributed by atoms with Gasteiger partial charge >= 0.3 is 0 Å². The number of benzene rings is 2. The Morgan fingerprint density at radius 3 is 2.50 bits per heavy atom. The van der Waals surface area contributed by atoms with Crippen molar-refractivity contribution in [2.24, 2.45) is 5.73 Å². The Morgan fingerprint density at radius 1 is 1.08 bits per heavy atom. The van der Waals surface area contributed by atoms with Gasteiger partial charge in [-0.05, 0) is 37.3 Å². The van der Waals surface area contributed by atoms with E-state index < -0.39 is 23.8 Å². The molecular formula is C18H17N5O3. The zero-order valence-electron chi connectivity index (χ0n) is 13.9. The molecule has 3 amide bonds. The average Bonchev–Trinajstić information content (AvgIpc) is 3.05. The van der Waals surface area contributed by atoms with Gasteiger partial charge in [0, 0.05) is 16.6 Å². The molecule has 0 aliphatic carbocycles. The number of rotatable bonds is 5. The number of aromatic nitrogens is 2. The summed E-state index contributed by atoms with van der Waals surface area (Å²) >= 11 is 0. The predicted molar refractivity (Wildman–Crippen MR) is 96.6 cm³/mol. The highest BCUT2D eigenvalue weighted by Crippen LogP contribution is 2.19. The highest BCUT2D eigenvalue weighted by atomic mass is 16.2. The molecule has 0 unspecified atom stereocenters. The molecule has 3 aromatic rings. The van der Waals surface area contributed by atoms with Gasteiger partial charge in [0.25, 0.3) is 11.8 Å². The van der Waals surface area contributed by atoms with Crippen molar-refractivity contribution in [3.05, 3.63) is 59.8 Å². The number of aromatic amines is 1. The number of carbonyl (C=O) groups is 3. The van der Waals surface area contributed by atoms with Crippen molar-refractivity contribution < 1.29 is 14.4 Å². The molecule has 0 fully saturated rings. The van der Waals surface area contributed by atoms with Crippen molar-refractivity contribution in [3.63, 3.8) is 0 Å². The van der Waals surface area contributed by atoms with Crippen molar-refractivity contribution in [1.29, 1.82) is 0 Å². The summed E-state index contributed by atoms with van der Waals surface area (Å²) in [7, 11) is 0. The van der Waals surface area contributed by atoms with Gasteiger partial charge in [-0.15, -0.1) is 0 Å². The summed E-state index contributed by atoms with van der Waals surface area (Å²) < 4.78 is 0. The second-order valence-corrected chi connectivity index (χ2v) is 5.75. The minimum Gasteiger partial charge on any atom is -0.368 e. The van der Waals surface area contributed by atoms with Crippen molar-refractivity contribution in [1.82, 2.24) is 15.5 Å². The third kappa shape index (κ3) is 3.54. The van der Waals surface area contributed by atoms with Crippen LogP contribution in [-0.2, 0) is 4.79 Å². The van der Waals surface area contributed by atoms with E-state index in [0.717, 1.165) is 0 Å². The van der Waals surface area contributed by atoms with Crippen LogP contribution in [0.2, 0.25) is 0 Å². The van der Waals surface area contributed by atoms with Crippen LogP contribution < -0.4 is 16.4 Å². The van der Waals surface area contributed by atoms with Gasteiger partial charge in [-0.25, -0.2) is 0 Å². The Bertz CT molecular complexity index is 981. The van der Waals surface area contributed by atoms with Crippen molar-refractivity contribution in [3.8, 4) is 0 Å². The quantitative estimate of drug-likeness (QED) is 0.554. The summed E-state index contributed by atoms with van der Waals surface area (Å²) in [5.41, 5.74) is 6.86. The molecule has 2 aromatic carbocycles. The lowest BCUT2D eigenvalue weighted by Crippen LogP contribution is -2.42. The van der Waals surface area contributed by atoms with E-state index in [0.29, 0.717) is 22.2 Å². The summed E-state index contributed by atoms with van der Waals surface area (Å²) in [6.07, 6.45) is 0. The predicted octanol–water partition coefficient (Wildman–Crippen LogP) is 1.42. The van der Waals surface area contributed by atoms with Gasteiger partial charge in [-0.1, -0.05) is 18.2 Å². The molecule has 1 heterocycles. The van der Waals surface area contributed by atoms with E-state index in [9.17, 15) is 14.4 Å². The van der Waals surface area contributed by atoms with Crippen LogP contribution in [0.5, 0.6) is 0 Å². The lowest BCUT2D eigenvalue weighted by atomic mass is 10.1. The third-order valence-electron chi connectivity index (χ3n) is 3.85. The Morgan fingerprint density at radius 2 is 1.81 bits per heavy atom. The minimum absolute atomic E-state index is 0.168. The Balaban J connectivity index is 1.87. The van der Waals surface area contributed by atoms with E-state index in [1.165, 1.54) is 6.92 Å². The number of hydrogen-bond donors (Lipinski definition) is 4. The number of para-hydroxylation sites is 1. The number of carbonyl (C=O) groups excluding carboxylic acids is 3. The standard InChI is InChI=1S/C18H17N5O3/c1-10(16(19)24)20-17(25)11-7-8-14-13(9-11)15(23-22-14)18(26)21-12-5-3-2-4-6-12/h2-10H,1H3,(H2,19,24)(H,20,25)(H,21,26)(H,22,23)/t10-/m0/s1. The molecule has 8 nitrogen and oxygen atoms in total. The van der Waals surface area contributed by atoms with Crippen LogP contribution in [0, 0.1) is 0 Å². The van der Waals surface area contributed by atoms with Gasteiger partial charge in [0.1, 0.15) is 6.04 Å². The molecule has 132 valence electrons. The Kier molecular flexibility index (Phi) is 4.66. The molecule has 0 saturated carbocycles. The fraction of sp³-hybridized carbons (Fsp3) is 0.111. The second kappa shape index (κ2) is 7.06. The minimum atomic E-state index is -0.802. The lowest BCUT2D eigenvalue weighted by Gasteiger charge is -2.10. The number of hydrogen-bond acceptors (Lipinski definition) is 4. The zero-order valence-corrected chi connectivity index (χ0v) is 13.9. The van der Waals surface area contributed by atoms with E-state index >= 15 is 0 Å². The maximum Gasteiger partial charge on any atom is 0.276 e. The summed E-state index contributed by atoms with van der Waals surface area (Å²) in [4.78, 5) is 35.8. The number of anilines is 1. The van der Waals surface area contributed by atoms with Gasteiger partial charge < -0.3 is 16.4 Å². The van der Waals surface area contributed by atoms with Crippen molar-refractivity contribution in [2.75, 3.05) is 5.32 Å².